The normalized spacial score (nSPS) is 11.5. The molecule has 2 aromatic heterocycles. The highest BCUT2D eigenvalue weighted by molar-refractivity contribution is 7.89. The number of fused-ring (bicyclic) bond motifs is 1. The second-order valence-electron chi connectivity index (χ2n) is 5.02. The molecule has 0 saturated heterocycles. The topological polar surface area (TPSA) is 117 Å². The van der Waals surface area contributed by atoms with E-state index in [9.17, 15) is 12.8 Å². The number of nitrogens with zero attached hydrogens (tertiary/aromatic N) is 3. The highest BCUT2D eigenvalue weighted by atomic mass is 32.2. The van der Waals surface area contributed by atoms with Crippen LogP contribution in [-0.4, -0.2) is 37.6 Å². The molecule has 0 aliphatic carbocycles. The minimum Gasteiger partial charge on any atom is -0.480 e. The van der Waals surface area contributed by atoms with Crippen LogP contribution in [0.2, 0.25) is 0 Å². The lowest BCUT2D eigenvalue weighted by atomic mass is 10.1. The molecule has 3 aromatic rings. The molecule has 0 saturated carbocycles. The second-order valence-corrected chi connectivity index (χ2v) is 6.58. The summed E-state index contributed by atoms with van der Waals surface area (Å²) in [6, 6.07) is 4.03. The summed E-state index contributed by atoms with van der Waals surface area (Å²) in [6.07, 6.45) is 2.51. The fraction of sp³-hybridized carbons (Fsp3) is 0.133. The second kappa shape index (κ2) is 6.22. The number of halogens is 1. The highest BCUT2D eigenvalue weighted by Crippen LogP contribution is 2.32. The van der Waals surface area contributed by atoms with Crippen molar-refractivity contribution in [1.82, 2.24) is 15.0 Å². The first-order valence-electron chi connectivity index (χ1n) is 6.91. The van der Waals surface area contributed by atoms with Crippen LogP contribution < -0.4 is 14.6 Å². The fourth-order valence-electron chi connectivity index (χ4n) is 2.28. The fourth-order valence-corrected chi connectivity index (χ4v) is 2.76. The first kappa shape index (κ1) is 17.0. The molecule has 0 spiro atoms. The first-order chi connectivity index (χ1) is 11.8. The van der Waals surface area contributed by atoms with Crippen molar-refractivity contribution in [2.45, 2.75) is 4.90 Å². The zero-order chi connectivity index (χ0) is 18.2. The zero-order valence-corrected chi connectivity index (χ0v) is 14.0. The van der Waals surface area contributed by atoms with Crippen LogP contribution >= 0.6 is 0 Å². The Bertz CT molecular complexity index is 1070. The van der Waals surface area contributed by atoms with Crippen LogP contribution in [0.4, 0.5) is 4.39 Å². The quantitative estimate of drug-likeness (QED) is 0.745. The number of ether oxygens (including phenoxy) is 2. The molecule has 0 atom stereocenters. The average molecular weight is 364 g/mol. The Labute approximate surface area is 142 Å². The summed E-state index contributed by atoms with van der Waals surface area (Å²) in [5.74, 6) is -0.463. The maximum atomic E-state index is 14.5. The van der Waals surface area contributed by atoms with Gasteiger partial charge in [-0.25, -0.2) is 22.9 Å². The van der Waals surface area contributed by atoms with Crippen molar-refractivity contribution in [2.24, 2.45) is 5.14 Å². The molecule has 8 nitrogen and oxygen atoms in total. The van der Waals surface area contributed by atoms with Gasteiger partial charge in [-0.2, -0.15) is 4.98 Å². The van der Waals surface area contributed by atoms with Crippen molar-refractivity contribution in [2.75, 3.05) is 14.2 Å². The lowest BCUT2D eigenvalue weighted by Crippen LogP contribution is -2.12. The summed E-state index contributed by atoms with van der Waals surface area (Å²) in [4.78, 5) is 11.7. The molecule has 0 aliphatic heterocycles. The molecule has 0 fully saturated rings. The van der Waals surface area contributed by atoms with Gasteiger partial charge >= 0.3 is 6.01 Å². The van der Waals surface area contributed by atoms with Gasteiger partial charge in [-0.15, -0.1) is 0 Å². The lowest BCUT2D eigenvalue weighted by Gasteiger charge is -2.10. The standard InChI is InChI=1S/C15H13FN4O4S/c1-23-14-11(7-19-15(20-14)24-2)8-3-12(16)10-5-9(25(17,21)22)6-18-13(10)4-8/h3-7H,1-2H3,(H2,17,21,22). The molecule has 10 heteroatoms. The molecule has 0 radical (unpaired) electrons. The Hall–Kier alpha value is -2.85. The van der Waals surface area contributed by atoms with Crippen molar-refractivity contribution >= 4 is 20.9 Å². The average Bonchev–Trinajstić information content (AvgIpc) is 2.59. The largest absolute Gasteiger partial charge is 0.480 e. The maximum Gasteiger partial charge on any atom is 0.319 e. The molecular formula is C15H13FN4O4S. The number of hydrogen-bond acceptors (Lipinski definition) is 7. The summed E-state index contributed by atoms with van der Waals surface area (Å²) in [7, 11) is -1.14. The van der Waals surface area contributed by atoms with E-state index in [0.29, 0.717) is 11.1 Å². The van der Waals surface area contributed by atoms with E-state index in [1.165, 1.54) is 26.5 Å². The predicted octanol–water partition coefficient (Wildman–Crippen LogP) is 1.50. The minimum absolute atomic E-state index is 0.0312. The molecular weight excluding hydrogens is 351 g/mol. The number of methoxy groups -OCH3 is 2. The van der Waals surface area contributed by atoms with Crippen LogP contribution in [-0.2, 0) is 10.0 Å². The summed E-state index contributed by atoms with van der Waals surface area (Å²) < 4.78 is 47.4. The number of benzene rings is 1. The van der Waals surface area contributed by atoms with Crippen molar-refractivity contribution < 1.29 is 22.3 Å². The molecule has 0 aliphatic rings. The lowest BCUT2D eigenvalue weighted by molar-refractivity contribution is 0.353. The summed E-state index contributed by atoms with van der Waals surface area (Å²) in [5.41, 5.74) is 1.10. The van der Waals surface area contributed by atoms with Gasteiger partial charge in [0.15, 0.2) is 0 Å². The minimum atomic E-state index is -3.97. The predicted molar refractivity (Wildman–Crippen MR) is 87.2 cm³/mol. The van der Waals surface area contributed by atoms with Crippen molar-refractivity contribution in [3.05, 3.63) is 36.4 Å². The van der Waals surface area contributed by atoms with Gasteiger partial charge < -0.3 is 9.47 Å². The van der Waals surface area contributed by atoms with E-state index < -0.39 is 15.8 Å². The molecule has 130 valence electrons. The Morgan fingerprint density at radius 1 is 1.08 bits per heavy atom. The zero-order valence-electron chi connectivity index (χ0n) is 13.2. The van der Waals surface area contributed by atoms with Crippen LogP contribution in [0.15, 0.2) is 35.5 Å². The van der Waals surface area contributed by atoms with Crippen LogP contribution in [0.1, 0.15) is 0 Å². The van der Waals surface area contributed by atoms with Crippen molar-refractivity contribution in [1.29, 1.82) is 0 Å². The highest BCUT2D eigenvalue weighted by Gasteiger charge is 2.16. The van der Waals surface area contributed by atoms with Gasteiger partial charge in [0.05, 0.1) is 25.3 Å². The Morgan fingerprint density at radius 2 is 1.84 bits per heavy atom. The molecule has 0 amide bonds. The van der Waals surface area contributed by atoms with Crippen LogP contribution in [0, 0.1) is 5.82 Å². The molecule has 3 rings (SSSR count). The smallest absolute Gasteiger partial charge is 0.319 e. The summed E-state index contributed by atoms with van der Waals surface area (Å²) in [6.45, 7) is 0. The van der Waals surface area contributed by atoms with Gasteiger partial charge in [0.1, 0.15) is 10.7 Å². The molecule has 25 heavy (non-hydrogen) atoms. The van der Waals surface area contributed by atoms with E-state index >= 15 is 0 Å². The van der Waals surface area contributed by atoms with Crippen LogP contribution in [0.25, 0.3) is 22.0 Å². The van der Waals surface area contributed by atoms with Gasteiger partial charge in [0, 0.05) is 17.8 Å². The molecule has 0 unspecified atom stereocenters. The summed E-state index contributed by atoms with van der Waals surface area (Å²) in [5, 5.41) is 5.08. The van der Waals surface area contributed by atoms with E-state index in [2.05, 4.69) is 15.0 Å². The third kappa shape index (κ3) is 3.21. The molecule has 2 heterocycles. The third-order valence-electron chi connectivity index (χ3n) is 3.47. The Morgan fingerprint density at radius 3 is 2.48 bits per heavy atom. The van der Waals surface area contributed by atoms with E-state index in [4.69, 9.17) is 14.6 Å². The number of hydrogen-bond donors (Lipinski definition) is 1. The Kier molecular flexibility index (Phi) is 4.23. The third-order valence-corrected chi connectivity index (χ3v) is 4.35. The first-order valence-corrected chi connectivity index (χ1v) is 8.45. The van der Waals surface area contributed by atoms with Crippen molar-refractivity contribution in [3.8, 4) is 23.0 Å². The van der Waals surface area contributed by atoms with Crippen LogP contribution in [0.3, 0.4) is 0 Å². The Balaban J connectivity index is 2.20. The summed E-state index contributed by atoms with van der Waals surface area (Å²) >= 11 is 0. The SMILES string of the molecule is COc1ncc(-c2cc(F)c3cc(S(N)(=O)=O)cnc3c2)c(OC)n1. The van der Waals surface area contributed by atoms with Crippen LogP contribution in [0.5, 0.6) is 11.9 Å². The number of aromatic nitrogens is 3. The van der Waals surface area contributed by atoms with Crippen molar-refractivity contribution in [3.63, 3.8) is 0 Å². The van der Waals surface area contributed by atoms with E-state index in [-0.39, 0.29) is 27.7 Å². The maximum absolute atomic E-state index is 14.5. The van der Waals surface area contributed by atoms with Gasteiger partial charge in [-0.3, -0.25) is 4.98 Å². The number of rotatable bonds is 4. The number of nitrogens with two attached hydrogens (primary N) is 1. The van der Waals surface area contributed by atoms with Gasteiger partial charge in [-0.05, 0) is 23.8 Å². The molecule has 1 aromatic carbocycles. The van der Waals surface area contributed by atoms with Gasteiger partial charge in [-0.1, -0.05) is 0 Å². The van der Waals surface area contributed by atoms with E-state index in [1.807, 2.05) is 0 Å². The molecule has 0 bridgehead atoms. The number of sulfonamides is 1. The van der Waals surface area contributed by atoms with Gasteiger partial charge in [0.25, 0.3) is 0 Å². The van der Waals surface area contributed by atoms with E-state index in [0.717, 1.165) is 12.3 Å². The molecule has 2 N–H and O–H groups in total. The number of primary sulfonamides is 1. The van der Waals surface area contributed by atoms with E-state index in [1.54, 1.807) is 6.07 Å². The van der Waals surface area contributed by atoms with Gasteiger partial charge in [0.2, 0.25) is 15.9 Å². The monoisotopic (exact) mass is 364 g/mol. The number of pyridine rings is 1.